The van der Waals surface area contributed by atoms with Gasteiger partial charge in [-0.05, 0) is 49.2 Å². The second kappa shape index (κ2) is 11.2. The number of rotatable bonds is 10. The third-order valence-corrected chi connectivity index (χ3v) is 5.23. The maximum atomic E-state index is 13.1. The molecule has 2 aromatic carbocycles. The molecule has 35 heavy (non-hydrogen) atoms. The van der Waals surface area contributed by atoms with Gasteiger partial charge in [0.05, 0.1) is 61.3 Å². The molecule has 186 valence electrons. The minimum absolute atomic E-state index is 0.00586. The second-order valence-electron chi connectivity index (χ2n) is 7.44. The average Bonchev–Trinajstić information content (AvgIpc) is 2.86. The molecule has 0 radical (unpaired) electrons. The van der Waals surface area contributed by atoms with Crippen molar-refractivity contribution in [3.63, 3.8) is 0 Å². The number of carbonyl (C=O) groups excluding carboxylic acids is 2. The highest BCUT2D eigenvalue weighted by Crippen LogP contribution is 2.42. The van der Waals surface area contributed by atoms with Crippen molar-refractivity contribution in [3.8, 4) is 17.2 Å². The van der Waals surface area contributed by atoms with Crippen molar-refractivity contribution in [1.29, 1.82) is 0 Å². The number of ether oxygens (including phenoxy) is 4. The van der Waals surface area contributed by atoms with Crippen molar-refractivity contribution < 1.29 is 33.5 Å². The predicted octanol–water partition coefficient (Wildman–Crippen LogP) is 3.73. The molecule has 2 N–H and O–H groups in total. The normalized spacial score (nSPS) is 15.1. The van der Waals surface area contributed by atoms with Gasteiger partial charge in [0.15, 0.2) is 11.5 Å². The van der Waals surface area contributed by atoms with E-state index < -0.39 is 23.0 Å². The Bertz CT molecular complexity index is 1140. The lowest BCUT2D eigenvalue weighted by molar-refractivity contribution is -0.385. The molecule has 0 fully saturated rings. The van der Waals surface area contributed by atoms with E-state index in [1.807, 2.05) is 6.92 Å². The van der Waals surface area contributed by atoms with Crippen LogP contribution in [0.1, 0.15) is 37.4 Å². The minimum Gasteiger partial charge on any atom is -0.497 e. The molecule has 2 aromatic rings. The third kappa shape index (κ3) is 5.45. The van der Waals surface area contributed by atoms with Crippen LogP contribution in [-0.2, 0) is 9.53 Å². The Labute approximate surface area is 202 Å². The Morgan fingerprint density at radius 3 is 2.37 bits per heavy atom. The van der Waals surface area contributed by atoms with Crippen molar-refractivity contribution in [2.45, 2.75) is 26.3 Å². The van der Waals surface area contributed by atoms with E-state index in [4.69, 9.17) is 18.9 Å². The van der Waals surface area contributed by atoms with Crippen LogP contribution in [0.3, 0.4) is 0 Å². The number of nitro groups is 1. The fraction of sp³-hybridized carbons (Fsp3) is 0.333. The molecule has 3 rings (SSSR count). The zero-order valence-corrected chi connectivity index (χ0v) is 19.9. The molecule has 1 aliphatic rings. The van der Waals surface area contributed by atoms with Gasteiger partial charge in [0.2, 0.25) is 0 Å². The zero-order chi connectivity index (χ0) is 25.5. The molecule has 11 nitrogen and oxygen atoms in total. The van der Waals surface area contributed by atoms with Gasteiger partial charge < -0.3 is 29.6 Å². The minimum atomic E-state index is -1.20. The molecule has 1 heterocycles. The van der Waals surface area contributed by atoms with Gasteiger partial charge in [-0.3, -0.25) is 10.1 Å². The number of esters is 1. The first-order valence-electron chi connectivity index (χ1n) is 11.0. The molecular weight excluding hydrogens is 458 g/mol. The van der Waals surface area contributed by atoms with Gasteiger partial charge in [-0.15, -0.1) is 0 Å². The first-order chi connectivity index (χ1) is 16.8. The summed E-state index contributed by atoms with van der Waals surface area (Å²) < 4.78 is 21.5. The molecule has 0 aromatic heterocycles. The van der Waals surface area contributed by atoms with Crippen LogP contribution in [0.4, 0.5) is 10.5 Å². The van der Waals surface area contributed by atoms with Crippen LogP contribution in [0.5, 0.6) is 17.2 Å². The molecule has 0 spiro atoms. The van der Waals surface area contributed by atoms with Gasteiger partial charge in [0.1, 0.15) is 5.75 Å². The summed E-state index contributed by atoms with van der Waals surface area (Å²) in [7, 11) is 2.89. The van der Waals surface area contributed by atoms with E-state index in [1.165, 1.54) is 26.4 Å². The summed E-state index contributed by atoms with van der Waals surface area (Å²) in [5, 5.41) is 17.3. The number of amides is 2. The predicted molar refractivity (Wildman–Crippen MR) is 126 cm³/mol. The number of nitrogens with zero attached hydrogens (tertiary/aromatic N) is 1. The van der Waals surface area contributed by atoms with E-state index in [0.717, 1.165) is 0 Å². The second-order valence-corrected chi connectivity index (χ2v) is 7.44. The van der Waals surface area contributed by atoms with E-state index >= 15 is 0 Å². The SMILES string of the molecule is CCCOc1cc(C2NC(=O)NC(c3ccc(OC)cc3)=C2C(=O)OCC)c([N+](=O)[O-])cc1OC. The first-order valence-corrected chi connectivity index (χ1v) is 11.0. The number of hydrogen-bond acceptors (Lipinski definition) is 8. The third-order valence-electron chi connectivity index (χ3n) is 5.23. The number of nitrogens with one attached hydrogen (secondary N) is 2. The monoisotopic (exact) mass is 485 g/mol. The quantitative estimate of drug-likeness (QED) is 0.295. The maximum Gasteiger partial charge on any atom is 0.338 e. The highest BCUT2D eigenvalue weighted by molar-refractivity contribution is 6.04. The Balaban J connectivity index is 2.28. The lowest BCUT2D eigenvalue weighted by atomic mass is 9.91. The van der Waals surface area contributed by atoms with Crippen molar-refractivity contribution in [3.05, 3.63) is 63.2 Å². The molecule has 0 aliphatic carbocycles. The molecule has 1 unspecified atom stereocenters. The van der Waals surface area contributed by atoms with Crippen molar-refractivity contribution in [2.75, 3.05) is 27.4 Å². The Morgan fingerprint density at radius 2 is 1.80 bits per heavy atom. The molecule has 2 amide bonds. The highest BCUT2D eigenvalue weighted by Gasteiger charge is 2.38. The maximum absolute atomic E-state index is 13.1. The van der Waals surface area contributed by atoms with Crippen LogP contribution in [0.25, 0.3) is 5.70 Å². The number of hydrogen-bond donors (Lipinski definition) is 2. The van der Waals surface area contributed by atoms with Crippen LogP contribution < -0.4 is 24.8 Å². The van der Waals surface area contributed by atoms with Crippen molar-refractivity contribution in [1.82, 2.24) is 10.6 Å². The van der Waals surface area contributed by atoms with Crippen LogP contribution in [-0.4, -0.2) is 44.4 Å². The van der Waals surface area contributed by atoms with Crippen LogP contribution >= 0.6 is 0 Å². The number of benzene rings is 2. The molecule has 0 saturated carbocycles. The molecule has 0 bridgehead atoms. The smallest absolute Gasteiger partial charge is 0.338 e. The van der Waals surface area contributed by atoms with Crippen LogP contribution in [0, 0.1) is 10.1 Å². The van der Waals surface area contributed by atoms with E-state index in [0.29, 0.717) is 24.3 Å². The standard InChI is InChI=1S/C24H27N3O8/c1-5-11-35-19-12-16(17(27(30)31)13-18(19)33-4)22-20(23(28)34-6-2)21(25-24(29)26-22)14-7-9-15(32-3)10-8-14/h7-10,12-13,22H,5-6,11H2,1-4H3,(H2,25,26,29). The number of methoxy groups -OCH3 is 2. The van der Waals surface area contributed by atoms with E-state index in [2.05, 4.69) is 10.6 Å². The number of nitro benzene ring substituents is 1. The Kier molecular flexibility index (Phi) is 8.13. The first kappa shape index (κ1) is 25.3. The van der Waals surface area contributed by atoms with Gasteiger partial charge in [0, 0.05) is 0 Å². The molecule has 0 saturated heterocycles. The summed E-state index contributed by atoms with van der Waals surface area (Å²) in [5.74, 6) is 0.243. The summed E-state index contributed by atoms with van der Waals surface area (Å²) >= 11 is 0. The lowest BCUT2D eigenvalue weighted by Gasteiger charge is -2.29. The average molecular weight is 485 g/mol. The largest absolute Gasteiger partial charge is 0.497 e. The molecule has 1 aliphatic heterocycles. The number of urea groups is 1. The fourth-order valence-corrected chi connectivity index (χ4v) is 3.65. The van der Waals surface area contributed by atoms with Gasteiger partial charge in [-0.1, -0.05) is 6.92 Å². The van der Waals surface area contributed by atoms with Gasteiger partial charge in [-0.25, -0.2) is 9.59 Å². The van der Waals surface area contributed by atoms with Gasteiger partial charge in [0.25, 0.3) is 5.69 Å². The zero-order valence-electron chi connectivity index (χ0n) is 19.9. The topological polar surface area (TPSA) is 138 Å². The Morgan fingerprint density at radius 1 is 1.09 bits per heavy atom. The van der Waals surface area contributed by atoms with Gasteiger partial charge >= 0.3 is 12.0 Å². The fourth-order valence-electron chi connectivity index (χ4n) is 3.65. The van der Waals surface area contributed by atoms with Crippen molar-refractivity contribution >= 4 is 23.4 Å². The lowest BCUT2D eigenvalue weighted by Crippen LogP contribution is -2.45. The van der Waals surface area contributed by atoms with E-state index in [9.17, 15) is 19.7 Å². The Hall–Kier alpha value is -4.28. The summed E-state index contributed by atoms with van der Waals surface area (Å²) in [4.78, 5) is 37.2. The highest BCUT2D eigenvalue weighted by atomic mass is 16.6. The van der Waals surface area contributed by atoms with Crippen LogP contribution in [0.15, 0.2) is 42.0 Å². The summed E-state index contributed by atoms with van der Waals surface area (Å²) in [5.41, 5.74) is 0.360. The molecular formula is C24H27N3O8. The molecule has 11 heteroatoms. The number of carbonyl (C=O) groups is 2. The van der Waals surface area contributed by atoms with Crippen molar-refractivity contribution in [2.24, 2.45) is 0 Å². The summed E-state index contributed by atoms with van der Waals surface area (Å²) in [6.07, 6.45) is 0.690. The van der Waals surface area contributed by atoms with E-state index in [-0.39, 0.29) is 40.6 Å². The van der Waals surface area contributed by atoms with Gasteiger partial charge in [-0.2, -0.15) is 0 Å². The summed E-state index contributed by atoms with van der Waals surface area (Å²) in [6.45, 7) is 3.95. The molecule has 1 atom stereocenters. The van der Waals surface area contributed by atoms with E-state index in [1.54, 1.807) is 31.2 Å². The van der Waals surface area contributed by atoms with Crippen LogP contribution in [0.2, 0.25) is 0 Å². The summed E-state index contributed by atoms with van der Waals surface area (Å²) in [6, 6.07) is 7.44.